The zero-order valence-electron chi connectivity index (χ0n) is 11.3. The van der Waals surface area contributed by atoms with Crippen LogP contribution < -0.4 is 5.32 Å². The summed E-state index contributed by atoms with van der Waals surface area (Å²) in [5.74, 6) is 1.66. The number of rotatable bonds is 2. The van der Waals surface area contributed by atoms with Crippen molar-refractivity contribution in [3.63, 3.8) is 0 Å². The Bertz CT molecular complexity index is 832. The summed E-state index contributed by atoms with van der Waals surface area (Å²) in [6, 6.07) is 14.7. The summed E-state index contributed by atoms with van der Waals surface area (Å²) < 4.78 is 13.4. The summed E-state index contributed by atoms with van der Waals surface area (Å²) in [4.78, 5) is 4.74. The lowest BCUT2D eigenvalue weighted by molar-refractivity contribution is 0.628. The van der Waals surface area contributed by atoms with E-state index in [1.807, 2.05) is 36.0 Å². The van der Waals surface area contributed by atoms with Crippen molar-refractivity contribution in [2.45, 2.75) is 11.5 Å². The summed E-state index contributed by atoms with van der Waals surface area (Å²) in [7, 11) is 0. The SMILES string of the molecule is Fc1cccc(Nc2c3c(nc4ccccc24)CSC3)c1. The zero-order chi connectivity index (χ0) is 14.2. The third-order valence-electron chi connectivity index (χ3n) is 3.66. The predicted octanol–water partition coefficient (Wildman–Crippen LogP) is 4.86. The molecule has 1 aliphatic rings. The highest BCUT2D eigenvalue weighted by molar-refractivity contribution is 7.98. The molecule has 0 saturated heterocycles. The Kier molecular flexibility index (Phi) is 3.04. The molecule has 0 unspecified atom stereocenters. The summed E-state index contributed by atoms with van der Waals surface area (Å²) in [6.07, 6.45) is 0. The van der Waals surface area contributed by atoms with E-state index in [9.17, 15) is 4.39 Å². The Labute approximate surface area is 126 Å². The molecule has 4 heteroatoms. The van der Waals surface area contributed by atoms with E-state index in [2.05, 4.69) is 11.4 Å². The fourth-order valence-electron chi connectivity index (χ4n) is 2.68. The smallest absolute Gasteiger partial charge is 0.125 e. The Hall–Kier alpha value is -2.07. The molecule has 0 bridgehead atoms. The van der Waals surface area contributed by atoms with E-state index >= 15 is 0 Å². The van der Waals surface area contributed by atoms with Gasteiger partial charge in [-0.25, -0.2) is 4.39 Å². The predicted molar refractivity (Wildman–Crippen MR) is 86.4 cm³/mol. The van der Waals surface area contributed by atoms with E-state index in [1.54, 1.807) is 6.07 Å². The maximum Gasteiger partial charge on any atom is 0.125 e. The second-order valence-electron chi connectivity index (χ2n) is 5.06. The first-order valence-corrected chi connectivity index (χ1v) is 7.97. The van der Waals surface area contributed by atoms with E-state index in [-0.39, 0.29) is 5.82 Å². The number of fused-ring (bicyclic) bond motifs is 2. The van der Waals surface area contributed by atoms with Crippen LogP contribution in [0, 0.1) is 5.82 Å². The summed E-state index contributed by atoms with van der Waals surface area (Å²) in [5.41, 5.74) is 5.19. The molecule has 0 atom stereocenters. The fourth-order valence-corrected chi connectivity index (χ4v) is 3.73. The van der Waals surface area contributed by atoms with Gasteiger partial charge in [0.15, 0.2) is 0 Å². The van der Waals surface area contributed by atoms with E-state index in [1.165, 1.54) is 17.7 Å². The van der Waals surface area contributed by atoms with Crippen LogP contribution in [0.25, 0.3) is 10.9 Å². The van der Waals surface area contributed by atoms with Crippen molar-refractivity contribution in [3.8, 4) is 0 Å². The number of nitrogens with one attached hydrogen (secondary N) is 1. The lowest BCUT2D eigenvalue weighted by Gasteiger charge is -2.14. The topological polar surface area (TPSA) is 24.9 Å². The van der Waals surface area contributed by atoms with Crippen LogP contribution in [0.5, 0.6) is 0 Å². The van der Waals surface area contributed by atoms with Gasteiger partial charge in [0.05, 0.1) is 16.9 Å². The first-order chi connectivity index (χ1) is 10.3. The number of anilines is 2. The molecule has 2 heterocycles. The molecule has 3 aromatic rings. The first-order valence-electron chi connectivity index (χ1n) is 6.82. The number of hydrogen-bond acceptors (Lipinski definition) is 3. The molecule has 2 nitrogen and oxygen atoms in total. The van der Waals surface area contributed by atoms with Gasteiger partial charge in [-0.05, 0) is 24.3 Å². The average molecular weight is 296 g/mol. The van der Waals surface area contributed by atoms with E-state index < -0.39 is 0 Å². The molecule has 0 spiro atoms. The van der Waals surface area contributed by atoms with Crippen LogP contribution >= 0.6 is 11.8 Å². The van der Waals surface area contributed by atoms with Gasteiger partial charge in [-0.2, -0.15) is 11.8 Å². The third kappa shape index (κ3) is 2.25. The first kappa shape index (κ1) is 12.7. The molecule has 0 saturated carbocycles. The van der Waals surface area contributed by atoms with Crippen molar-refractivity contribution in [2.75, 3.05) is 5.32 Å². The zero-order valence-corrected chi connectivity index (χ0v) is 12.1. The second kappa shape index (κ2) is 5.04. The molecule has 0 radical (unpaired) electrons. The molecule has 0 amide bonds. The molecule has 2 aromatic carbocycles. The van der Waals surface area contributed by atoms with Crippen LogP contribution in [0.2, 0.25) is 0 Å². The summed E-state index contributed by atoms with van der Waals surface area (Å²) in [5, 5.41) is 4.48. The maximum atomic E-state index is 13.4. The van der Waals surface area contributed by atoms with Crippen LogP contribution in [-0.4, -0.2) is 4.98 Å². The van der Waals surface area contributed by atoms with Crippen molar-refractivity contribution >= 4 is 34.0 Å². The number of pyridine rings is 1. The van der Waals surface area contributed by atoms with Crippen LogP contribution in [0.1, 0.15) is 11.3 Å². The fraction of sp³-hybridized carbons (Fsp3) is 0.118. The summed E-state index contributed by atoms with van der Waals surface area (Å²) in [6.45, 7) is 0. The quantitative estimate of drug-likeness (QED) is 0.730. The van der Waals surface area contributed by atoms with Crippen LogP contribution in [-0.2, 0) is 11.5 Å². The lowest BCUT2D eigenvalue weighted by Crippen LogP contribution is -2.00. The number of para-hydroxylation sites is 1. The standard InChI is InChI=1S/C17H13FN2S/c18-11-4-3-5-12(8-11)19-17-13-6-1-2-7-15(13)20-16-10-21-9-14(16)17/h1-8H,9-10H2,(H,19,20). The number of thioether (sulfide) groups is 1. The van der Waals surface area contributed by atoms with Gasteiger partial charge in [0, 0.05) is 28.1 Å². The highest BCUT2D eigenvalue weighted by Gasteiger charge is 2.19. The highest BCUT2D eigenvalue weighted by atomic mass is 32.2. The minimum Gasteiger partial charge on any atom is -0.355 e. The van der Waals surface area contributed by atoms with Crippen molar-refractivity contribution in [3.05, 3.63) is 65.6 Å². The van der Waals surface area contributed by atoms with Crippen molar-refractivity contribution in [1.82, 2.24) is 4.98 Å². The number of aromatic nitrogens is 1. The van der Waals surface area contributed by atoms with Gasteiger partial charge in [-0.3, -0.25) is 4.98 Å². The third-order valence-corrected chi connectivity index (χ3v) is 4.63. The van der Waals surface area contributed by atoms with Crippen LogP contribution in [0.3, 0.4) is 0 Å². The molecule has 21 heavy (non-hydrogen) atoms. The number of nitrogens with zero attached hydrogens (tertiary/aromatic N) is 1. The number of hydrogen-bond donors (Lipinski definition) is 1. The van der Waals surface area contributed by atoms with Gasteiger partial charge >= 0.3 is 0 Å². The van der Waals surface area contributed by atoms with Crippen molar-refractivity contribution in [1.29, 1.82) is 0 Å². The van der Waals surface area contributed by atoms with Crippen molar-refractivity contribution in [2.24, 2.45) is 0 Å². The molecular formula is C17H13FN2S. The Balaban J connectivity index is 1.90. The molecule has 104 valence electrons. The molecule has 1 aliphatic heterocycles. The van der Waals surface area contributed by atoms with Crippen LogP contribution in [0.15, 0.2) is 48.5 Å². The largest absolute Gasteiger partial charge is 0.355 e. The maximum absolute atomic E-state index is 13.4. The molecule has 4 rings (SSSR count). The molecule has 1 aromatic heterocycles. The lowest BCUT2D eigenvalue weighted by atomic mass is 10.1. The van der Waals surface area contributed by atoms with Gasteiger partial charge in [0.2, 0.25) is 0 Å². The Morgan fingerprint density at radius 2 is 1.95 bits per heavy atom. The van der Waals surface area contributed by atoms with Gasteiger partial charge in [-0.1, -0.05) is 24.3 Å². The highest BCUT2D eigenvalue weighted by Crippen LogP contribution is 2.39. The number of benzene rings is 2. The molecule has 1 N–H and O–H groups in total. The van der Waals surface area contributed by atoms with Crippen molar-refractivity contribution < 1.29 is 4.39 Å². The number of halogens is 1. The van der Waals surface area contributed by atoms with E-state index in [4.69, 9.17) is 4.98 Å². The van der Waals surface area contributed by atoms with Gasteiger partial charge < -0.3 is 5.32 Å². The molecule has 0 aliphatic carbocycles. The average Bonchev–Trinajstić information content (AvgIpc) is 2.95. The second-order valence-corrected chi connectivity index (χ2v) is 6.04. The normalized spacial score (nSPS) is 13.4. The van der Waals surface area contributed by atoms with E-state index in [0.717, 1.165) is 39.5 Å². The van der Waals surface area contributed by atoms with Gasteiger partial charge in [0.1, 0.15) is 5.82 Å². The summed E-state index contributed by atoms with van der Waals surface area (Å²) >= 11 is 1.86. The molecule has 0 fully saturated rings. The molecular weight excluding hydrogens is 283 g/mol. The van der Waals surface area contributed by atoms with Crippen LogP contribution in [0.4, 0.5) is 15.8 Å². The Morgan fingerprint density at radius 3 is 2.86 bits per heavy atom. The Morgan fingerprint density at radius 1 is 1.05 bits per heavy atom. The van der Waals surface area contributed by atoms with Gasteiger partial charge in [0.25, 0.3) is 0 Å². The minimum absolute atomic E-state index is 0.232. The minimum atomic E-state index is -0.232. The van der Waals surface area contributed by atoms with Gasteiger partial charge in [-0.15, -0.1) is 0 Å². The van der Waals surface area contributed by atoms with E-state index in [0.29, 0.717) is 0 Å². The monoisotopic (exact) mass is 296 g/mol.